The number of carbonyl (C=O) groups excluding carboxylic acids is 2. The van der Waals surface area contributed by atoms with Crippen molar-refractivity contribution in [1.82, 2.24) is 15.5 Å². The zero-order chi connectivity index (χ0) is 28.9. The van der Waals surface area contributed by atoms with E-state index in [1.165, 1.54) is 11.1 Å². The van der Waals surface area contributed by atoms with Crippen LogP contribution in [0, 0.1) is 0 Å². The van der Waals surface area contributed by atoms with Crippen molar-refractivity contribution in [2.75, 3.05) is 37.0 Å². The first kappa shape index (κ1) is 28.3. The number of allylic oxidation sites excluding steroid dienone is 1. The van der Waals surface area contributed by atoms with Gasteiger partial charge in [-0.1, -0.05) is 43.3 Å². The molecule has 0 aliphatic carbocycles. The highest BCUT2D eigenvalue weighted by atomic mass is 16.2. The molecule has 212 valence electrons. The summed E-state index contributed by atoms with van der Waals surface area (Å²) in [5.74, 6) is 1.23. The van der Waals surface area contributed by atoms with Gasteiger partial charge in [0.25, 0.3) is 0 Å². The van der Waals surface area contributed by atoms with Crippen LogP contribution in [0.15, 0.2) is 67.3 Å². The highest BCUT2D eigenvalue weighted by molar-refractivity contribution is 6.07. The molecule has 1 N–H and O–H groups in total. The SMILES string of the molecule is C=CCCC(C(=O)NC)N(C)c1ccc(C2CCN(c3cc4cc(CC)ccc4nn3)CC2)c2cccc(C=O)c12. The van der Waals surface area contributed by atoms with Crippen molar-refractivity contribution in [2.45, 2.75) is 51.0 Å². The van der Waals surface area contributed by atoms with Crippen LogP contribution in [0.2, 0.25) is 0 Å². The van der Waals surface area contributed by atoms with E-state index >= 15 is 0 Å². The number of nitrogens with one attached hydrogen (secondary N) is 1. The molecular formula is C34H39N5O2. The minimum absolute atomic E-state index is 0.0507. The fraction of sp³-hybridized carbons (Fsp3) is 0.353. The lowest BCUT2D eigenvalue weighted by molar-refractivity contribution is -0.122. The Kier molecular flexibility index (Phi) is 8.62. The second-order valence-electron chi connectivity index (χ2n) is 10.9. The van der Waals surface area contributed by atoms with Crippen molar-refractivity contribution in [1.29, 1.82) is 0 Å². The summed E-state index contributed by atoms with van der Waals surface area (Å²) >= 11 is 0. The number of aryl methyl sites for hydroxylation is 1. The van der Waals surface area contributed by atoms with E-state index in [1.807, 2.05) is 36.2 Å². The second-order valence-corrected chi connectivity index (χ2v) is 10.9. The standard InChI is InChI=1S/C34H39N5O2/c1-5-7-11-31(34(41)35-3)38(4)30-15-13-27(28-10-8-9-25(22-40)33(28)30)24-16-18-39(19-17-24)32-21-26-20-23(6-2)12-14-29(26)36-37-32/h5,8-10,12-15,20-22,24,31H,1,6-7,11,16-19H2,2-4H3,(H,35,41). The van der Waals surface area contributed by atoms with Crippen LogP contribution in [-0.4, -0.2) is 55.6 Å². The van der Waals surface area contributed by atoms with Gasteiger partial charge in [0, 0.05) is 49.2 Å². The van der Waals surface area contributed by atoms with E-state index < -0.39 is 0 Å². The van der Waals surface area contributed by atoms with Gasteiger partial charge in [-0.15, -0.1) is 16.8 Å². The van der Waals surface area contributed by atoms with Crippen molar-refractivity contribution < 1.29 is 9.59 Å². The summed E-state index contributed by atoms with van der Waals surface area (Å²) in [6.07, 6.45) is 7.07. The molecule has 1 saturated heterocycles. The second kappa shape index (κ2) is 12.5. The monoisotopic (exact) mass is 549 g/mol. The molecule has 1 unspecified atom stereocenters. The molecular weight excluding hydrogens is 510 g/mol. The first-order chi connectivity index (χ1) is 20.0. The fourth-order valence-corrected chi connectivity index (χ4v) is 6.18. The molecule has 0 saturated carbocycles. The van der Waals surface area contributed by atoms with Gasteiger partial charge >= 0.3 is 0 Å². The summed E-state index contributed by atoms with van der Waals surface area (Å²) in [7, 11) is 3.60. The average molecular weight is 550 g/mol. The number of hydrogen-bond acceptors (Lipinski definition) is 6. The summed E-state index contributed by atoms with van der Waals surface area (Å²) in [5, 5.41) is 14.9. The van der Waals surface area contributed by atoms with E-state index in [9.17, 15) is 9.59 Å². The molecule has 0 radical (unpaired) electrons. The van der Waals surface area contributed by atoms with E-state index in [0.717, 1.165) is 78.2 Å². The van der Waals surface area contributed by atoms with Crippen LogP contribution >= 0.6 is 0 Å². The van der Waals surface area contributed by atoms with Crippen LogP contribution in [0.4, 0.5) is 11.5 Å². The van der Waals surface area contributed by atoms with Crippen molar-refractivity contribution in [3.8, 4) is 0 Å². The third kappa shape index (κ3) is 5.67. The Morgan fingerprint density at radius 3 is 2.66 bits per heavy atom. The minimum Gasteiger partial charge on any atom is -0.362 e. The maximum Gasteiger partial charge on any atom is 0.242 e. The first-order valence-electron chi connectivity index (χ1n) is 14.6. The lowest BCUT2D eigenvalue weighted by Crippen LogP contribution is -2.44. The van der Waals surface area contributed by atoms with Gasteiger partial charge in [0.1, 0.15) is 6.04 Å². The molecule has 2 heterocycles. The zero-order valence-electron chi connectivity index (χ0n) is 24.3. The van der Waals surface area contributed by atoms with Gasteiger partial charge in [0.2, 0.25) is 5.91 Å². The van der Waals surface area contributed by atoms with E-state index in [4.69, 9.17) is 0 Å². The Morgan fingerprint density at radius 2 is 1.95 bits per heavy atom. The third-order valence-corrected chi connectivity index (χ3v) is 8.56. The number of piperidine rings is 1. The maximum atomic E-state index is 12.8. The van der Waals surface area contributed by atoms with Crippen LogP contribution in [0.5, 0.6) is 0 Å². The Bertz CT molecular complexity index is 1570. The van der Waals surface area contributed by atoms with E-state index in [0.29, 0.717) is 17.9 Å². The number of amides is 1. The Hall–Kier alpha value is -4.26. The molecule has 1 amide bonds. The van der Waals surface area contributed by atoms with Crippen LogP contribution in [0.25, 0.3) is 21.7 Å². The van der Waals surface area contributed by atoms with E-state index in [2.05, 4.69) is 70.3 Å². The maximum absolute atomic E-state index is 12.8. The number of aldehydes is 1. The molecule has 1 atom stereocenters. The summed E-state index contributed by atoms with van der Waals surface area (Å²) in [4.78, 5) is 29.4. The van der Waals surface area contributed by atoms with Crippen molar-refractivity contribution in [2.24, 2.45) is 0 Å². The van der Waals surface area contributed by atoms with Crippen LogP contribution in [-0.2, 0) is 11.2 Å². The molecule has 1 aliphatic heterocycles. The quantitative estimate of drug-likeness (QED) is 0.191. The van der Waals surface area contributed by atoms with Crippen molar-refractivity contribution in [3.63, 3.8) is 0 Å². The summed E-state index contributed by atoms with van der Waals surface area (Å²) in [6.45, 7) is 7.76. The number of fused-ring (bicyclic) bond motifs is 2. The number of nitrogens with zero attached hydrogens (tertiary/aromatic N) is 4. The average Bonchev–Trinajstić information content (AvgIpc) is 3.03. The van der Waals surface area contributed by atoms with Crippen molar-refractivity contribution in [3.05, 3.63) is 83.9 Å². The number of hydrogen-bond donors (Lipinski definition) is 1. The molecule has 1 aromatic heterocycles. The molecule has 4 aromatic rings. The molecule has 5 rings (SSSR count). The lowest BCUT2D eigenvalue weighted by atomic mass is 9.85. The van der Waals surface area contributed by atoms with Gasteiger partial charge in [-0.3, -0.25) is 9.59 Å². The summed E-state index contributed by atoms with van der Waals surface area (Å²) in [6, 6.07) is 18.4. The number of aromatic nitrogens is 2. The Labute approximate surface area is 242 Å². The Balaban J connectivity index is 1.43. The van der Waals surface area contributed by atoms with Crippen LogP contribution in [0.3, 0.4) is 0 Å². The highest BCUT2D eigenvalue weighted by Gasteiger charge is 2.27. The number of rotatable bonds is 10. The van der Waals surface area contributed by atoms with Crippen LogP contribution < -0.4 is 15.1 Å². The molecule has 1 aliphatic rings. The molecule has 0 spiro atoms. The van der Waals surface area contributed by atoms with Gasteiger partial charge < -0.3 is 15.1 Å². The first-order valence-corrected chi connectivity index (χ1v) is 14.6. The molecule has 7 nitrogen and oxygen atoms in total. The summed E-state index contributed by atoms with van der Waals surface area (Å²) < 4.78 is 0. The number of benzene rings is 3. The molecule has 7 heteroatoms. The van der Waals surface area contributed by atoms with Crippen LogP contribution in [0.1, 0.15) is 60.0 Å². The van der Waals surface area contributed by atoms with Gasteiger partial charge in [-0.25, -0.2) is 0 Å². The van der Waals surface area contributed by atoms with E-state index in [-0.39, 0.29) is 11.9 Å². The summed E-state index contributed by atoms with van der Waals surface area (Å²) in [5.41, 5.74) is 5.00. The number of anilines is 2. The topological polar surface area (TPSA) is 78.4 Å². The third-order valence-electron chi connectivity index (χ3n) is 8.56. The number of carbonyl (C=O) groups is 2. The largest absolute Gasteiger partial charge is 0.362 e. The van der Waals surface area contributed by atoms with Gasteiger partial charge in [0.15, 0.2) is 12.1 Å². The van der Waals surface area contributed by atoms with Gasteiger partial charge in [-0.2, -0.15) is 0 Å². The molecule has 0 bridgehead atoms. The fourth-order valence-electron chi connectivity index (χ4n) is 6.18. The smallest absolute Gasteiger partial charge is 0.242 e. The highest BCUT2D eigenvalue weighted by Crippen LogP contribution is 2.39. The predicted octanol–water partition coefficient (Wildman–Crippen LogP) is 6.06. The normalized spacial score (nSPS) is 14.7. The minimum atomic E-state index is -0.369. The molecule has 41 heavy (non-hydrogen) atoms. The Morgan fingerprint density at radius 1 is 1.15 bits per heavy atom. The zero-order valence-corrected chi connectivity index (χ0v) is 24.3. The van der Waals surface area contributed by atoms with Crippen molar-refractivity contribution >= 4 is 45.4 Å². The van der Waals surface area contributed by atoms with Gasteiger partial charge in [0.05, 0.1) is 5.52 Å². The number of likely N-dealkylation sites (N-methyl/N-ethyl adjacent to an activating group) is 2. The molecule has 1 fully saturated rings. The predicted molar refractivity (Wildman–Crippen MR) is 168 cm³/mol. The lowest BCUT2D eigenvalue weighted by Gasteiger charge is -2.34. The molecule has 3 aromatic carbocycles. The van der Waals surface area contributed by atoms with E-state index in [1.54, 1.807) is 7.05 Å². The van der Waals surface area contributed by atoms with Gasteiger partial charge in [-0.05, 0) is 78.8 Å².